The van der Waals surface area contributed by atoms with Gasteiger partial charge >= 0.3 is 0 Å². The predicted molar refractivity (Wildman–Crippen MR) is 97.6 cm³/mol. The van der Waals surface area contributed by atoms with Gasteiger partial charge in [-0.2, -0.15) is 0 Å². The zero-order valence-electron chi connectivity index (χ0n) is 14.7. The summed E-state index contributed by atoms with van der Waals surface area (Å²) < 4.78 is 5.47. The molecular formula is C19H31N3O. The molecule has 4 nitrogen and oxygen atoms in total. The zero-order valence-corrected chi connectivity index (χ0v) is 14.7. The van der Waals surface area contributed by atoms with Crippen LogP contribution in [-0.4, -0.2) is 63.9 Å². The maximum atomic E-state index is 5.47. The van der Waals surface area contributed by atoms with E-state index in [-0.39, 0.29) is 0 Å². The van der Waals surface area contributed by atoms with E-state index in [0.29, 0.717) is 6.10 Å². The van der Waals surface area contributed by atoms with Gasteiger partial charge in [0.15, 0.2) is 0 Å². The molecule has 0 spiro atoms. The third kappa shape index (κ3) is 4.18. The lowest BCUT2D eigenvalue weighted by Crippen LogP contribution is -2.46. The maximum absolute atomic E-state index is 5.47. The predicted octanol–water partition coefficient (Wildman–Crippen LogP) is 2.83. The quantitative estimate of drug-likeness (QED) is 0.803. The lowest BCUT2D eigenvalue weighted by molar-refractivity contribution is 0.121. The van der Waals surface area contributed by atoms with Crippen LogP contribution < -0.4 is 9.80 Å². The van der Waals surface area contributed by atoms with E-state index in [9.17, 15) is 0 Å². The van der Waals surface area contributed by atoms with Gasteiger partial charge in [-0.1, -0.05) is 13.3 Å². The van der Waals surface area contributed by atoms with E-state index in [4.69, 9.17) is 4.74 Å². The van der Waals surface area contributed by atoms with Gasteiger partial charge in [-0.15, -0.1) is 0 Å². The average Bonchev–Trinajstić information content (AvgIpc) is 3.10. The van der Waals surface area contributed by atoms with Crippen LogP contribution in [0.2, 0.25) is 0 Å². The molecule has 2 aliphatic heterocycles. The van der Waals surface area contributed by atoms with Gasteiger partial charge in [0.05, 0.1) is 6.10 Å². The molecule has 0 bridgehead atoms. The Hall–Kier alpha value is -1.26. The summed E-state index contributed by atoms with van der Waals surface area (Å²) in [6.07, 6.45) is 4.15. The SMILES string of the molecule is CCCCN1CCN(c2ccc(N3CC[C@@H](OC)C3)cc2)CC1. The number of benzene rings is 1. The van der Waals surface area contributed by atoms with Crippen molar-refractivity contribution in [2.24, 2.45) is 0 Å². The van der Waals surface area contributed by atoms with Crippen molar-refractivity contribution in [2.45, 2.75) is 32.3 Å². The fraction of sp³-hybridized carbons (Fsp3) is 0.684. The van der Waals surface area contributed by atoms with Crippen molar-refractivity contribution in [2.75, 3.05) is 62.7 Å². The van der Waals surface area contributed by atoms with Gasteiger partial charge in [-0.3, -0.25) is 4.90 Å². The lowest BCUT2D eigenvalue weighted by atomic mass is 10.2. The maximum Gasteiger partial charge on any atom is 0.0762 e. The van der Waals surface area contributed by atoms with E-state index in [2.05, 4.69) is 45.9 Å². The van der Waals surface area contributed by atoms with E-state index in [0.717, 1.165) is 32.6 Å². The molecule has 1 aromatic carbocycles. The highest BCUT2D eigenvalue weighted by Gasteiger charge is 2.22. The number of ether oxygens (including phenoxy) is 1. The van der Waals surface area contributed by atoms with Crippen molar-refractivity contribution < 1.29 is 4.74 Å². The van der Waals surface area contributed by atoms with Gasteiger partial charge < -0.3 is 14.5 Å². The molecule has 0 aromatic heterocycles. The molecular weight excluding hydrogens is 286 g/mol. The summed E-state index contributed by atoms with van der Waals surface area (Å²) in [5, 5.41) is 0. The Bertz CT molecular complexity index is 468. The Kier molecular flexibility index (Phi) is 5.79. The zero-order chi connectivity index (χ0) is 16.1. The molecule has 1 aromatic rings. The molecule has 2 saturated heterocycles. The standard InChI is InChI=1S/C19H31N3O/c1-3-4-10-20-12-14-21(15-13-20)17-5-7-18(8-6-17)22-11-9-19(16-22)23-2/h5-8,19H,3-4,9-16H2,1-2H3/t19-/m1/s1. The minimum Gasteiger partial charge on any atom is -0.380 e. The highest BCUT2D eigenvalue weighted by atomic mass is 16.5. The number of hydrogen-bond donors (Lipinski definition) is 0. The minimum atomic E-state index is 0.394. The molecule has 3 rings (SSSR count). The van der Waals surface area contributed by atoms with Crippen LogP contribution in [0.15, 0.2) is 24.3 Å². The van der Waals surface area contributed by atoms with Gasteiger partial charge in [0.2, 0.25) is 0 Å². The first-order chi connectivity index (χ1) is 11.3. The monoisotopic (exact) mass is 317 g/mol. The second kappa shape index (κ2) is 8.02. The van der Waals surface area contributed by atoms with Crippen LogP contribution in [0.5, 0.6) is 0 Å². The van der Waals surface area contributed by atoms with Crippen LogP contribution in [0.4, 0.5) is 11.4 Å². The Morgan fingerprint density at radius 1 is 0.957 bits per heavy atom. The number of anilines is 2. The Morgan fingerprint density at radius 3 is 2.17 bits per heavy atom. The van der Waals surface area contributed by atoms with Crippen molar-refractivity contribution in [3.8, 4) is 0 Å². The van der Waals surface area contributed by atoms with Crippen LogP contribution >= 0.6 is 0 Å². The molecule has 0 unspecified atom stereocenters. The van der Waals surface area contributed by atoms with E-state index in [1.54, 1.807) is 0 Å². The minimum absolute atomic E-state index is 0.394. The van der Waals surface area contributed by atoms with Crippen molar-refractivity contribution in [1.82, 2.24) is 4.90 Å². The summed E-state index contributed by atoms with van der Waals surface area (Å²) in [5.41, 5.74) is 2.70. The first-order valence-electron chi connectivity index (χ1n) is 9.15. The number of rotatable bonds is 6. The van der Waals surface area contributed by atoms with E-state index >= 15 is 0 Å². The highest BCUT2D eigenvalue weighted by Crippen LogP contribution is 2.25. The van der Waals surface area contributed by atoms with Crippen molar-refractivity contribution in [3.63, 3.8) is 0 Å². The fourth-order valence-electron chi connectivity index (χ4n) is 3.64. The second-order valence-corrected chi connectivity index (χ2v) is 6.79. The van der Waals surface area contributed by atoms with Crippen molar-refractivity contribution >= 4 is 11.4 Å². The summed E-state index contributed by atoms with van der Waals surface area (Å²) in [6, 6.07) is 9.13. The summed E-state index contributed by atoms with van der Waals surface area (Å²) in [7, 11) is 1.82. The van der Waals surface area contributed by atoms with E-state index in [1.807, 2.05) is 7.11 Å². The Labute approximate surface area is 141 Å². The Balaban J connectivity index is 1.52. The second-order valence-electron chi connectivity index (χ2n) is 6.79. The summed E-state index contributed by atoms with van der Waals surface area (Å²) in [5.74, 6) is 0. The fourth-order valence-corrected chi connectivity index (χ4v) is 3.64. The van der Waals surface area contributed by atoms with Gasteiger partial charge in [0.1, 0.15) is 0 Å². The smallest absolute Gasteiger partial charge is 0.0762 e. The third-order valence-corrected chi connectivity index (χ3v) is 5.26. The van der Waals surface area contributed by atoms with E-state index < -0.39 is 0 Å². The van der Waals surface area contributed by atoms with Crippen LogP contribution in [0, 0.1) is 0 Å². The molecule has 0 saturated carbocycles. The van der Waals surface area contributed by atoms with Gasteiger partial charge in [-0.25, -0.2) is 0 Å². The van der Waals surface area contributed by atoms with Crippen LogP contribution in [0.1, 0.15) is 26.2 Å². The van der Waals surface area contributed by atoms with Gasteiger partial charge in [0.25, 0.3) is 0 Å². The number of unbranched alkanes of at least 4 members (excludes halogenated alkanes) is 1. The third-order valence-electron chi connectivity index (χ3n) is 5.26. The first kappa shape index (κ1) is 16.6. The topological polar surface area (TPSA) is 19.0 Å². The van der Waals surface area contributed by atoms with Gasteiger partial charge in [0, 0.05) is 57.8 Å². The Morgan fingerprint density at radius 2 is 1.61 bits per heavy atom. The van der Waals surface area contributed by atoms with Crippen molar-refractivity contribution in [3.05, 3.63) is 24.3 Å². The summed E-state index contributed by atoms with van der Waals surface area (Å²) >= 11 is 0. The van der Waals surface area contributed by atoms with Crippen LogP contribution in [0.25, 0.3) is 0 Å². The molecule has 128 valence electrons. The molecule has 0 aliphatic carbocycles. The number of nitrogens with zero attached hydrogens (tertiary/aromatic N) is 3. The van der Waals surface area contributed by atoms with Crippen LogP contribution in [0.3, 0.4) is 0 Å². The lowest BCUT2D eigenvalue weighted by Gasteiger charge is -2.36. The first-order valence-corrected chi connectivity index (χ1v) is 9.15. The molecule has 2 heterocycles. The molecule has 2 aliphatic rings. The normalized spacial score (nSPS) is 22.8. The number of hydrogen-bond acceptors (Lipinski definition) is 4. The molecule has 0 radical (unpaired) electrons. The molecule has 0 amide bonds. The van der Waals surface area contributed by atoms with Crippen LogP contribution in [-0.2, 0) is 4.74 Å². The van der Waals surface area contributed by atoms with Crippen molar-refractivity contribution in [1.29, 1.82) is 0 Å². The van der Waals surface area contributed by atoms with Gasteiger partial charge in [-0.05, 0) is 43.7 Å². The number of piperazine rings is 1. The molecule has 0 N–H and O–H groups in total. The molecule has 4 heteroatoms. The highest BCUT2D eigenvalue weighted by molar-refractivity contribution is 5.57. The average molecular weight is 317 g/mol. The molecule has 1 atom stereocenters. The number of methoxy groups -OCH3 is 1. The summed E-state index contributed by atoms with van der Waals surface area (Å²) in [6.45, 7) is 10.4. The molecule has 23 heavy (non-hydrogen) atoms. The van der Waals surface area contributed by atoms with E-state index in [1.165, 1.54) is 43.9 Å². The summed E-state index contributed by atoms with van der Waals surface area (Å²) in [4.78, 5) is 7.55. The largest absolute Gasteiger partial charge is 0.380 e. The molecule has 2 fully saturated rings.